The van der Waals surface area contributed by atoms with Gasteiger partial charge in [0.1, 0.15) is 12.4 Å². The van der Waals surface area contributed by atoms with E-state index in [1.807, 2.05) is 60.7 Å². The molecule has 0 aliphatic rings. The largest absolute Gasteiger partial charge is 0.494 e. The van der Waals surface area contributed by atoms with Crippen LogP contribution in [0.1, 0.15) is 18.0 Å². The summed E-state index contributed by atoms with van der Waals surface area (Å²) in [5.41, 5.74) is 9.79. The molecule has 3 N–H and O–H groups in total. The number of nitrogens with two attached hydrogens (primary N) is 1. The third-order valence-corrected chi connectivity index (χ3v) is 5.83. The van der Waals surface area contributed by atoms with Gasteiger partial charge in [-0.05, 0) is 65.9 Å². The number of pyridine rings is 1. The number of thiazole rings is 1. The number of aromatic nitrogens is 2. The maximum absolute atomic E-state index is 12.3. The van der Waals surface area contributed by atoms with Gasteiger partial charge in [0, 0.05) is 18.1 Å². The van der Waals surface area contributed by atoms with E-state index in [2.05, 4.69) is 4.98 Å². The molecule has 0 amide bonds. The molecular weight excluding hydrogens is 410 g/mol. The lowest BCUT2D eigenvalue weighted by Gasteiger charge is -2.19. The molecule has 0 fully saturated rings. The van der Waals surface area contributed by atoms with Crippen molar-refractivity contribution in [1.82, 2.24) is 9.55 Å². The van der Waals surface area contributed by atoms with Crippen molar-refractivity contribution in [2.45, 2.75) is 18.9 Å². The van der Waals surface area contributed by atoms with Gasteiger partial charge in [-0.2, -0.15) is 0 Å². The van der Waals surface area contributed by atoms with Crippen molar-refractivity contribution in [3.05, 3.63) is 93.7 Å². The van der Waals surface area contributed by atoms with Crippen LogP contribution in [0.2, 0.25) is 0 Å². The van der Waals surface area contributed by atoms with Crippen molar-refractivity contribution < 1.29 is 9.84 Å². The number of nitrogen functional groups attached to an aromatic ring is 1. The van der Waals surface area contributed by atoms with Gasteiger partial charge >= 0.3 is 4.87 Å². The summed E-state index contributed by atoms with van der Waals surface area (Å²) in [5, 5.41) is 11.6. The zero-order valence-electron chi connectivity index (χ0n) is 16.8. The molecule has 4 aromatic rings. The monoisotopic (exact) mass is 433 g/mol. The lowest BCUT2D eigenvalue weighted by atomic mass is 10.1. The average molecular weight is 434 g/mol. The fraction of sp³-hybridized carbons (Fsp3) is 0.167. The number of aromatic hydroxyl groups is 1. The predicted octanol–water partition coefficient (Wildman–Crippen LogP) is 4.51. The highest BCUT2D eigenvalue weighted by atomic mass is 32.1. The fourth-order valence-electron chi connectivity index (χ4n) is 3.47. The molecule has 2 aromatic carbocycles. The summed E-state index contributed by atoms with van der Waals surface area (Å²) in [6.45, 7) is 0.271. The lowest BCUT2D eigenvalue weighted by molar-refractivity contribution is 0.228. The van der Waals surface area contributed by atoms with Gasteiger partial charge in [0.15, 0.2) is 0 Å². The zero-order valence-corrected chi connectivity index (χ0v) is 17.7. The first kappa shape index (κ1) is 20.7. The summed E-state index contributed by atoms with van der Waals surface area (Å²) in [6.07, 6.45) is 4.89. The molecule has 7 heteroatoms. The van der Waals surface area contributed by atoms with E-state index in [9.17, 15) is 9.90 Å². The molecule has 0 spiro atoms. The topological polar surface area (TPSA) is 90.4 Å². The molecule has 6 nitrogen and oxygen atoms in total. The molecule has 0 saturated heterocycles. The minimum atomic E-state index is -0.291. The molecule has 0 aliphatic heterocycles. The van der Waals surface area contributed by atoms with Crippen LogP contribution < -0.4 is 15.3 Å². The van der Waals surface area contributed by atoms with E-state index >= 15 is 0 Å². The number of aryl methyl sites for hydroxylation is 1. The number of anilines is 1. The number of nitrogens with zero attached hydrogens (tertiary/aromatic N) is 2. The van der Waals surface area contributed by atoms with E-state index in [1.54, 1.807) is 12.4 Å². The first-order chi connectivity index (χ1) is 15.1. The normalized spacial score (nSPS) is 11.9. The van der Waals surface area contributed by atoms with Gasteiger partial charge in [-0.1, -0.05) is 35.6 Å². The highest BCUT2D eigenvalue weighted by Gasteiger charge is 2.18. The van der Waals surface area contributed by atoms with E-state index in [0.717, 1.165) is 40.1 Å². The highest BCUT2D eigenvalue weighted by molar-refractivity contribution is 7.07. The first-order valence-electron chi connectivity index (χ1n) is 9.97. The lowest BCUT2D eigenvalue weighted by Crippen LogP contribution is -2.25. The second kappa shape index (κ2) is 9.49. The van der Waals surface area contributed by atoms with Crippen molar-refractivity contribution in [1.29, 1.82) is 0 Å². The van der Waals surface area contributed by atoms with Crippen LogP contribution in [-0.4, -0.2) is 21.3 Å². The van der Waals surface area contributed by atoms with Crippen molar-refractivity contribution in [3.63, 3.8) is 0 Å². The second-order valence-corrected chi connectivity index (χ2v) is 8.06. The molecule has 0 bridgehead atoms. The summed E-state index contributed by atoms with van der Waals surface area (Å²) >= 11 is 0.985. The van der Waals surface area contributed by atoms with Gasteiger partial charge in [-0.3, -0.25) is 14.3 Å². The Hall–Kier alpha value is -3.58. The minimum absolute atomic E-state index is 0.0321. The summed E-state index contributed by atoms with van der Waals surface area (Å²) in [5.74, 6) is 0.666. The molecule has 1 atom stereocenters. The van der Waals surface area contributed by atoms with Crippen molar-refractivity contribution in [3.8, 4) is 22.8 Å². The van der Waals surface area contributed by atoms with Crippen LogP contribution in [-0.2, 0) is 6.42 Å². The van der Waals surface area contributed by atoms with Gasteiger partial charge < -0.3 is 15.6 Å². The van der Waals surface area contributed by atoms with Gasteiger partial charge in [0.25, 0.3) is 0 Å². The number of hydrogen-bond donors (Lipinski definition) is 2. The Morgan fingerprint density at radius 3 is 2.52 bits per heavy atom. The van der Waals surface area contributed by atoms with Crippen LogP contribution in [0.3, 0.4) is 0 Å². The molecule has 4 rings (SSSR count). The minimum Gasteiger partial charge on any atom is -0.494 e. The maximum atomic E-state index is 12.3. The van der Waals surface area contributed by atoms with Crippen LogP contribution in [0, 0.1) is 0 Å². The maximum Gasteiger partial charge on any atom is 0.310 e. The fourth-order valence-corrected chi connectivity index (χ4v) is 4.15. The third-order valence-electron chi connectivity index (χ3n) is 5.11. The van der Waals surface area contributed by atoms with Crippen molar-refractivity contribution in [2.24, 2.45) is 0 Å². The van der Waals surface area contributed by atoms with E-state index in [4.69, 9.17) is 10.5 Å². The average Bonchev–Trinajstić information content (AvgIpc) is 3.13. The third kappa shape index (κ3) is 5.13. The number of ether oxygens (including phenoxy) is 1. The molecule has 31 heavy (non-hydrogen) atoms. The van der Waals surface area contributed by atoms with Crippen molar-refractivity contribution in [2.75, 3.05) is 12.3 Å². The number of hydrogen-bond acceptors (Lipinski definition) is 6. The SMILES string of the molecule is Nc1cccc(-c2ccc(OC[C@H](CCc3ccncc3)n3c(O)csc3=O)cc2)c1. The van der Waals surface area contributed by atoms with Crippen LogP contribution in [0.15, 0.2) is 83.2 Å². The van der Waals surface area contributed by atoms with Crippen LogP contribution in [0.5, 0.6) is 11.6 Å². The van der Waals surface area contributed by atoms with E-state index in [-0.39, 0.29) is 23.4 Å². The Balaban J connectivity index is 1.47. The Bertz CT molecular complexity index is 1190. The van der Waals surface area contributed by atoms with E-state index in [1.165, 1.54) is 9.95 Å². The van der Waals surface area contributed by atoms with Gasteiger partial charge in [0.2, 0.25) is 5.88 Å². The molecule has 2 aromatic heterocycles. The molecule has 158 valence electrons. The Labute approximate surface area is 184 Å². The molecule has 2 heterocycles. The predicted molar refractivity (Wildman–Crippen MR) is 124 cm³/mol. The van der Waals surface area contributed by atoms with Crippen molar-refractivity contribution >= 4 is 17.0 Å². The van der Waals surface area contributed by atoms with Gasteiger partial charge in [-0.15, -0.1) is 0 Å². The van der Waals surface area contributed by atoms with Gasteiger partial charge in [-0.25, -0.2) is 0 Å². The highest BCUT2D eigenvalue weighted by Crippen LogP contribution is 2.26. The zero-order chi connectivity index (χ0) is 21.6. The Kier molecular flexibility index (Phi) is 6.33. The molecule has 0 unspecified atom stereocenters. The second-order valence-electron chi connectivity index (χ2n) is 7.24. The summed E-state index contributed by atoms with van der Waals surface area (Å²) in [7, 11) is 0. The van der Waals surface area contributed by atoms with E-state index < -0.39 is 0 Å². The molecular formula is C24H23N3O3S. The Morgan fingerprint density at radius 2 is 1.84 bits per heavy atom. The summed E-state index contributed by atoms with van der Waals surface area (Å²) in [4.78, 5) is 16.1. The number of rotatable bonds is 8. The summed E-state index contributed by atoms with van der Waals surface area (Å²) in [6, 6.07) is 19.1. The van der Waals surface area contributed by atoms with Crippen LogP contribution >= 0.6 is 11.3 Å². The first-order valence-corrected chi connectivity index (χ1v) is 10.8. The van der Waals surface area contributed by atoms with Crippen LogP contribution in [0.25, 0.3) is 11.1 Å². The van der Waals surface area contributed by atoms with E-state index in [0.29, 0.717) is 12.2 Å². The standard InChI is InChI=1S/C24H23N3O3S/c25-20-3-1-2-19(14-20)18-5-8-22(9-6-18)30-15-21(27-23(28)16-31-24(27)29)7-4-17-10-12-26-13-11-17/h1-3,5-6,8-14,16,21,28H,4,7,15,25H2/t21-/m0/s1. The quantitative estimate of drug-likeness (QED) is 0.399. The van der Waals surface area contributed by atoms with Crippen LogP contribution in [0.4, 0.5) is 5.69 Å². The number of benzene rings is 2. The molecule has 0 saturated carbocycles. The molecule has 0 aliphatic carbocycles. The van der Waals surface area contributed by atoms with Gasteiger partial charge in [0.05, 0.1) is 11.4 Å². The molecule has 0 radical (unpaired) electrons. The smallest absolute Gasteiger partial charge is 0.310 e. The Morgan fingerprint density at radius 1 is 1.06 bits per heavy atom. The summed E-state index contributed by atoms with van der Waals surface area (Å²) < 4.78 is 7.41.